The maximum absolute atomic E-state index is 13.4. The van der Waals surface area contributed by atoms with E-state index < -0.39 is 18.0 Å². The molecule has 0 unspecified atom stereocenters. The quantitative estimate of drug-likeness (QED) is 0.264. The number of nitrogens with zero attached hydrogens (tertiary/aromatic N) is 5. The lowest BCUT2D eigenvalue weighted by Gasteiger charge is -2.10. The van der Waals surface area contributed by atoms with E-state index in [0.29, 0.717) is 41.9 Å². The van der Waals surface area contributed by atoms with Crippen LogP contribution < -0.4 is 5.32 Å². The van der Waals surface area contributed by atoms with Crippen LogP contribution in [0.25, 0.3) is 33.5 Å². The molecule has 0 bridgehead atoms. The van der Waals surface area contributed by atoms with Gasteiger partial charge in [0.2, 0.25) is 0 Å². The smallest absolute Gasteiger partial charge is 0.433 e. The molecule has 208 valence electrons. The van der Waals surface area contributed by atoms with Crippen LogP contribution in [-0.4, -0.2) is 37.4 Å². The molecule has 11 heteroatoms. The molecule has 1 aliphatic heterocycles. The van der Waals surface area contributed by atoms with Gasteiger partial charge in [0.15, 0.2) is 0 Å². The summed E-state index contributed by atoms with van der Waals surface area (Å²) in [4.78, 5) is 25.2. The van der Waals surface area contributed by atoms with Gasteiger partial charge in [0, 0.05) is 37.0 Å². The summed E-state index contributed by atoms with van der Waals surface area (Å²) in [5, 5.41) is 7.37. The van der Waals surface area contributed by atoms with Crippen molar-refractivity contribution in [3.05, 3.63) is 95.6 Å². The minimum absolute atomic E-state index is 0.168. The molecule has 8 nitrogen and oxygen atoms in total. The normalized spacial score (nSPS) is 12.9. The van der Waals surface area contributed by atoms with Crippen LogP contribution in [-0.2, 0) is 36.9 Å². The Morgan fingerprint density at radius 2 is 1.85 bits per heavy atom. The average Bonchev–Trinajstić information content (AvgIpc) is 3.58. The van der Waals surface area contributed by atoms with Crippen molar-refractivity contribution < 1.29 is 22.7 Å². The molecular formula is C30H25F3N6O2. The van der Waals surface area contributed by atoms with Crippen molar-refractivity contribution in [2.24, 2.45) is 0 Å². The fourth-order valence-electron chi connectivity index (χ4n) is 4.93. The number of hydrogen-bond donors (Lipinski definition) is 1. The van der Waals surface area contributed by atoms with Gasteiger partial charge in [0.05, 0.1) is 22.4 Å². The number of carbonyl (C=O) groups excluding carboxylic acids is 1. The van der Waals surface area contributed by atoms with E-state index in [1.165, 1.54) is 6.07 Å². The molecule has 2 aromatic carbocycles. The van der Waals surface area contributed by atoms with Gasteiger partial charge < -0.3 is 10.1 Å². The zero-order chi connectivity index (χ0) is 28.4. The number of alkyl halides is 3. The summed E-state index contributed by atoms with van der Waals surface area (Å²) < 4.78 is 47.3. The third kappa shape index (κ3) is 5.74. The lowest BCUT2D eigenvalue weighted by atomic mass is 9.99. The van der Waals surface area contributed by atoms with Crippen molar-refractivity contribution in [2.75, 3.05) is 6.54 Å². The maximum Gasteiger partial charge on any atom is 0.433 e. The number of rotatable bonds is 7. The van der Waals surface area contributed by atoms with Gasteiger partial charge >= 0.3 is 12.3 Å². The number of carbonyl (C=O) groups is 1. The van der Waals surface area contributed by atoms with Crippen LogP contribution in [0.5, 0.6) is 0 Å². The molecule has 0 radical (unpaired) electrons. The first-order valence-corrected chi connectivity index (χ1v) is 13.2. The summed E-state index contributed by atoms with van der Waals surface area (Å²) in [6.07, 6.45) is -1.30. The number of aryl methyl sites for hydroxylation is 1. The molecule has 0 saturated heterocycles. The van der Waals surface area contributed by atoms with Gasteiger partial charge in [0.1, 0.15) is 18.0 Å². The molecule has 6 rings (SSSR count). The molecule has 5 aromatic rings. The number of hydrogen-bond acceptors (Lipinski definition) is 6. The highest BCUT2D eigenvalue weighted by Crippen LogP contribution is 2.38. The van der Waals surface area contributed by atoms with Crippen molar-refractivity contribution in [2.45, 2.75) is 38.6 Å². The van der Waals surface area contributed by atoms with Crippen LogP contribution in [0.3, 0.4) is 0 Å². The van der Waals surface area contributed by atoms with Crippen LogP contribution >= 0.6 is 0 Å². The second kappa shape index (κ2) is 11.0. The van der Waals surface area contributed by atoms with Crippen LogP contribution in [0.15, 0.2) is 72.9 Å². The number of aromatic nitrogens is 5. The van der Waals surface area contributed by atoms with Gasteiger partial charge in [-0.3, -0.25) is 9.67 Å². The van der Waals surface area contributed by atoms with Gasteiger partial charge in [-0.2, -0.15) is 18.3 Å². The van der Waals surface area contributed by atoms with E-state index in [2.05, 4.69) is 20.4 Å². The molecule has 0 atom stereocenters. The Labute approximate surface area is 233 Å². The second-order valence-electron chi connectivity index (χ2n) is 9.71. The predicted octanol–water partition coefficient (Wildman–Crippen LogP) is 5.99. The lowest BCUT2D eigenvalue weighted by Crippen LogP contribution is -2.26. The van der Waals surface area contributed by atoms with E-state index >= 15 is 0 Å². The van der Waals surface area contributed by atoms with Crippen molar-refractivity contribution >= 4 is 17.1 Å². The molecule has 1 amide bonds. The molecule has 41 heavy (non-hydrogen) atoms. The molecule has 1 N–H and O–H groups in total. The zero-order valence-corrected chi connectivity index (χ0v) is 21.9. The standard InChI is InChI=1S/C30H25F3N6O2/c31-30(32,33)26-10-4-8-23(37-26)28-27(25-9-5-15-39(25)38-28)20-11-12-22-24(16-20)36-21(17-35-22)13-14-34-29(40)41-18-19-6-2-1-3-7-19/h1-4,6-8,10-12,16-17H,5,9,13-15,18H2,(H,34,40). The highest BCUT2D eigenvalue weighted by atomic mass is 19.4. The van der Waals surface area contributed by atoms with Crippen molar-refractivity contribution in [3.63, 3.8) is 0 Å². The summed E-state index contributed by atoms with van der Waals surface area (Å²) in [5.41, 5.74) is 5.00. The third-order valence-electron chi connectivity index (χ3n) is 6.87. The number of alkyl carbamates (subject to hydrolysis) is 1. The molecule has 0 spiro atoms. The van der Waals surface area contributed by atoms with Gasteiger partial charge in [-0.15, -0.1) is 0 Å². The summed E-state index contributed by atoms with van der Waals surface area (Å²) in [5.74, 6) is 0. The van der Waals surface area contributed by atoms with Gasteiger partial charge in [-0.05, 0) is 48.2 Å². The minimum Gasteiger partial charge on any atom is -0.445 e. The number of pyridine rings is 1. The number of halogens is 3. The molecule has 0 saturated carbocycles. The van der Waals surface area contributed by atoms with E-state index in [4.69, 9.17) is 9.72 Å². The summed E-state index contributed by atoms with van der Waals surface area (Å²) in [7, 11) is 0. The molecule has 3 aromatic heterocycles. The number of benzene rings is 2. The van der Waals surface area contributed by atoms with E-state index in [-0.39, 0.29) is 12.3 Å². The van der Waals surface area contributed by atoms with E-state index in [1.54, 1.807) is 12.3 Å². The SMILES string of the molecule is O=C(NCCc1cnc2ccc(-c3c(-c4cccc(C(F)(F)F)n4)nn4c3CCC4)cc2n1)OCc1ccccc1. The summed E-state index contributed by atoms with van der Waals surface area (Å²) in [6, 6.07) is 18.9. The second-order valence-corrected chi connectivity index (χ2v) is 9.71. The fourth-order valence-corrected chi connectivity index (χ4v) is 4.93. The first kappa shape index (κ1) is 26.4. The molecule has 0 aliphatic carbocycles. The van der Waals surface area contributed by atoms with Gasteiger partial charge in [-0.25, -0.2) is 14.8 Å². The molecular weight excluding hydrogens is 533 g/mol. The topological polar surface area (TPSA) is 94.8 Å². The summed E-state index contributed by atoms with van der Waals surface area (Å²) in [6.45, 7) is 1.19. The van der Waals surface area contributed by atoms with E-state index in [0.717, 1.165) is 41.3 Å². The van der Waals surface area contributed by atoms with E-state index in [1.807, 2.05) is 53.2 Å². The Hall–Kier alpha value is -4.80. The maximum atomic E-state index is 13.4. The van der Waals surface area contributed by atoms with Crippen LogP contribution in [0.4, 0.5) is 18.0 Å². The van der Waals surface area contributed by atoms with Crippen molar-refractivity contribution in [1.29, 1.82) is 0 Å². The van der Waals surface area contributed by atoms with Gasteiger partial charge in [0.25, 0.3) is 0 Å². The molecule has 4 heterocycles. The Morgan fingerprint density at radius 1 is 1.00 bits per heavy atom. The lowest BCUT2D eigenvalue weighted by molar-refractivity contribution is -0.141. The van der Waals surface area contributed by atoms with Crippen LogP contribution in [0.1, 0.15) is 29.1 Å². The summed E-state index contributed by atoms with van der Waals surface area (Å²) >= 11 is 0. The Morgan fingerprint density at radius 3 is 2.68 bits per heavy atom. The fraction of sp³-hybridized carbons (Fsp3) is 0.233. The minimum atomic E-state index is -4.55. The Bertz CT molecular complexity index is 1720. The molecule has 1 aliphatic rings. The van der Waals surface area contributed by atoms with E-state index in [9.17, 15) is 18.0 Å². The first-order valence-electron chi connectivity index (χ1n) is 13.2. The van der Waals surface area contributed by atoms with Crippen LogP contribution in [0.2, 0.25) is 0 Å². The molecule has 0 fully saturated rings. The predicted molar refractivity (Wildman–Crippen MR) is 146 cm³/mol. The number of amides is 1. The third-order valence-corrected chi connectivity index (χ3v) is 6.87. The number of nitrogens with one attached hydrogen (secondary N) is 1. The Kier molecular flexibility index (Phi) is 7.08. The monoisotopic (exact) mass is 558 g/mol. The van der Waals surface area contributed by atoms with Gasteiger partial charge in [-0.1, -0.05) is 42.5 Å². The number of ether oxygens (including phenoxy) is 1. The zero-order valence-electron chi connectivity index (χ0n) is 21.9. The Balaban J connectivity index is 1.22. The van der Waals surface area contributed by atoms with Crippen molar-refractivity contribution in [3.8, 4) is 22.5 Å². The average molecular weight is 559 g/mol. The van der Waals surface area contributed by atoms with Crippen molar-refractivity contribution in [1.82, 2.24) is 30.0 Å². The first-order chi connectivity index (χ1) is 19.8. The van der Waals surface area contributed by atoms with Crippen LogP contribution in [0, 0.1) is 0 Å². The number of fused-ring (bicyclic) bond motifs is 2. The highest BCUT2D eigenvalue weighted by molar-refractivity contribution is 5.87. The largest absolute Gasteiger partial charge is 0.445 e. The highest BCUT2D eigenvalue weighted by Gasteiger charge is 2.33.